The van der Waals surface area contributed by atoms with Gasteiger partial charge in [-0.1, -0.05) is 94.8 Å². The summed E-state index contributed by atoms with van der Waals surface area (Å²) in [6.45, 7) is 2.09. The number of benzene rings is 5. The van der Waals surface area contributed by atoms with Gasteiger partial charge in [0.25, 0.3) is 0 Å². The Kier molecular flexibility index (Phi) is 6.31. The molecule has 5 aliphatic rings. The van der Waals surface area contributed by atoms with Crippen LogP contribution in [0.2, 0.25) is 0 Å². The van der Waals surface area contributed by atoms with Gasteiger partial charge in [0.1, 0.15) is 0 Å². The second-order valence-corrected chi connectivity index (χ2v) is 14.3. The van der Waals surface area contributed by atoms with Gasteiger partial charge in [0.15, 0.2) is 28.8 Å². The number of halogens is 1. The van der Waals surface area contributed by atoms with Gasteiger partial charge in [-0.2, -0.15) is 0 Å². The molecule has 0 unspecified atom stereocenters. The molecule has 0 spiro atoms. The number of imide groups is 1. The Bertz CT molecular complexity index is 2250. The molecule has 5 aromatic carbocycles. The van der Waals surface area contributed by atoms with Gasteiger partial charge in [-0.25, -0.2) is 4.90 Å². The van der Waals surface area contributed by atoms with Crippen LogP contribution in [0.25, 0.3) is 11.1 Å². The molecule has 4 atom stereocenters. The van der Waals surface area contributed by atoms with Crippen molar-refractivity contribution in [2.45, 2.75) is 17.8 Å². The first-order valence-corrected chi connectivity index (χ1v) is 17.5. The predicted octanol–water partition coefficient (Wildman–Crippen LogP) is 7.40. The number of nitrogens with zero attached hydrogens (tertiary/aromatic N) is 1. The van der Waals surface area contributed by atoms with Gasteiger partial charge < -0.3 is 18.9 Å². The molecule has 1 saturated carbocycles. The zero-order valence-electron chi connectivity index (χ0n) is 27.2. The van der Waals surface area contributed by atoms with Crippen molar-refractivity contribution in [3.05, 3.63) is 148 Å². The van der Waals surface area contributed by atoms with Crippen LogP contribution in [0, 0.1) is 18.8 Å². The third kappa shape index (κ3) is 3.76. The summed E-state index contributed by atoms with van der Waals surface area (Å²) >= 11 is 3.61. The molecule has 2 amide bonds. The zero-order chi connectivity index (χ0) is 34.6. The molecule has 2 aliphatic carbocycles. The van der Waals surface area contributed by atoms with Crippen LogP contribution in [0.5, 0.6) is 23.0 Å². The number of ether oxygens (including phenoxy) is 4. The fraction of sp³-hybridized carbons (Fsp3) is 0.167. The van der Waals surface area contributed by atoms with E-state index in [2.05, 4.69) is 15.9 Å². The SMILES string of the molecule is Cc1ccc(N2C(=O)[C@H]3[C@H](C2=O)[C@@]2(c4ccccc4)C(=O)[C@@]3(c3ccccc3)C(c3ccc4c(c3)OCO4)=C2c2ccc3c(c2)OCO3)cc1Br. The second kappa shape index (κ2) is 10.7. The molecule has 9 heteroatoms. The van der Waals surface area contributed by atoms with Gasteiger partial charge in [0.05, 0.1) is 28.4 Å². The number of fused-ring (bicyclic) bond motifs is 7. The van der Waals surface area contributed by atoms with Crippen LogP contribution in [0.3, 0.4) is 0 Å². The van der Waals surface area contributed by atoms with Crippen LogP contribution in [-0.2, 0) is 25.2 Å². The molecule has 1 saturated heterocycles. The average molecular weight is 739 g/mol. The first kappa shape index (κ1) is 30.2. The van der Waals surface area contributed by atoms with Gasteiger partial charge in [-0.15, -0.1) is 0 Å². The van der Waals surface area contributed by atoms with Crippen molar-refractivity contribution in [2.24, 2.45) is 11.8 Å². The fourth-order valence-electron chi connectivity index (χ4n) is 9.20. The summed E-state index contributed by atoms with van der Waals surface area (Å²) in [6, 6.07) is 35.6. The normalized spacial score (nSPS) is 25.3. The van der Waals surface area contributed by atoms with E-state index in [-0.39, 0.29) is 19.4 Å². The van der Waals surface area contributed by atoms with Crippen molar-refractivity contribution in [3.63, 3.8) is 0 Å². The lowest BCUT2D eigenvalue weighted by atomic mass is 9.59. The Hall–Kier alpha value is -5.67. The van der Waals surface area contributed by atoms with Crippen molar-refractivity contribution in [3.8, 4) is 23.0 Å². The average Bonchev–Trinajstić information content (AvgIpc) is 3.96. The van der Waals surface area contributed by atoms with Gasteiger partial charge in [0, 0.05) is 4.47 Å². The zero-order valence-corrected chi connectivity index (χ0v) is 28.8. The van der Waals surface area contributed by atoms with Crippen molar-refractivity contribution >= 4 is 50.4 Å². The number of aryl methyl sites for hydroxylation is 1. The summed E-state index contributed by atoms with van der Waals surface area (Å²) in [4.78, 5) is 48.1. The Morgan fingerprint density at radius 3 is 1.53 bits per heavy atom. The van der Waals surface area contributed by atoms with Crippen molar-refractivity contribution in [1.82, 2.24) is 0 Å². The number of ketones is 1. The highest BCUT2D eigenvalue weighted by Crippen LogP contribution is 2.74. The second-order valence-electron chi connectivity index (χ2n) is 13.5. The summed E-state index contributed by atoms with van der Waals surface area (Å²) in [5.74, 6) is -0.914. The van der Waals surface area contributed by atoms with E-state index in [1.165, 1.54) is 4.90 Å². The van der Waals surface area contributed by atoms with Crippen LogP contribution < -0.4 is 23.8 Å². The van der Waals surface area contributed by atoms with Crippen molar-refractivity contribution in [1.29, 1.82) is 0 Å². The number of hydrogen-bond donors (Lipinski definition) is 0. The maximum absolute atomic E-state index is 16.2. The highest BCUT2D eigenvalue weighted by Gasteiger charge is 2.82. The van der Waals surface area contributed by atoms with Gasteiger partial charge in [0.2, 0.25) is 25.4 Å². The highest BCUT2D eigenvalue weighted by molar-refractivity contribution is 9.10. The molecule has 0 aromatic heterocycles. The molecule has 3 aliphatic heterocycles. The summed E-state index contributed by atoms with van der Waals surface area (Å²) in [7, 11) is 0. The maximum atomic E-state index is 16.2. The molecule has 0 radical (unpaired) electrons. The molecule has 250 valence electrons. The number of anilines is 1. The molecule has 3 heterocycles. The fourth-order valence-corrected chi connectivity index (χ4v) is 9.57. The number of rotatable bonds is 5. The van der Waals surface area contributed by atoms with Gasteiger partial charge in [-0.3, -0.25) is 14.4 Å². The van der Waals surface area contributed by atoms with Crippen LogP contribution in [-0.4, -0.2) is 31.2 Å². The van der Waals surface area contributed by atoms with Crippen LogP contribution in [0.1, 0.15) is 27.8 Å². The van der Waals surface area contributed by atoms with Crippen molar-refractivity contribution < 1.29 is 33.3 Å². The molecular formula is C42H28BrNO7. The number of Topliss-reactive ketones (excluding diaryl/α,β-unsaturated/α-hetero) is 1. The highest BCUT2D eigenvalue weighted by atomic mass is 79.9. The quantitative estimate of drug-likeness (QED) is 0.174. The minimum Gasteiger partial charge on any atom is -0.454 e. The third-order valence-electron chi connectivity index (χ3n) is 11.2. The smallest absolute Gasteiger partial charge is 0.239 e. The minimum atomic E-state index is -1.56. The predicted molar refractivity (Wildman–Crippen MR) is 192 cm³/mol. The van der Waals surface area contributed by atoms with Crippen LogP contribution in [0.15, 0.2) is 120 Å². The Labute approximate surface area is 301 Å². The Balaban J connectivity index is 1.36. The first-order chi connectivity index (χ1) is 24.9. The molecule has 2 fully saturated rings. The molecular weight excluding hydrogens is 710 g/mol. The molecule has 10 rings (SSSR count). The third-order valence-corrected chi connectivity index (χ3v) is 12.0. The number of allylic oxidation sites excluding steroid dienone is 2. The minimum absolute atomic E-state index is 0.0717. The van der Waals surface area contributed by atoms with E-state index in [1.54, 1.807) is 12.1 Å². The number of carbonyl (C=O) groups is 3. The lowest BCUT2D eigenvalue weighted by molar-refractivity contribution is -0.130. The molecule has 8 nitrogen and oxygen atoms in total. The summed E-state index contributed by atoms with van der Waals surface area (Å²) in [6.07, 6.45) is 0. The first-order valence-electron chi connectivity index (χ1n) is 16.7. The Morgan fingerprint density at radius 1 is 0.588 bits per heavy atom. The largest absolute Gasteiger partial charge is 0.454 e. The molecule has 2 bridgehead atoms. The monoisotopic (exact) mass is 737 g/mol. The summed E-state index contributed by atoms with van der Waals surface area (Å²) in [5, 5.41) is 0. The van der Waals surface area contributed by atoms with Gasteiger partial charge in [-0.05, 0) is 82.3 Å². The standard InChI is InChI=1S/C42H28BrNO7/c1-23-12-15-28(20-29(23)43)44-38(45)36-37(39(44)46)42(27-10-6-3-7-11-27)35(25-14-17-31-33(19-25)51-22-49-31)34(24-13-16-30-32(18-24)50-21-48-30)41(36,40(42)47)26-8-4-2-5-9-26/h2-20,36-37H,21-22H2,1H3/t36-,37-,41+,42+/m1/s1. The molecule has 5 aromatic rings. The van der Waals surface area contributed by atoms with E-state index in [9.17, 15) is 0 Å². The lowest BCUT2D eigenvalue weighted by Gasteiger charge is -2.39. The maximum Gasteiger partial charge on any atom is 0.239 e. The van der Waals surface area contributed by atoms with E-state index in [0.29, 0.717) is 62.1 Å². The summed E-state index contributed by atoms with van der Waals surface area (Å²) in [5.41, 5.74) is 2.24. The van der Waals surface area contributed by atoms with E-state index < -0.39 is 34.5 Å². The van der Waals surface area contributed by atoms with Crippen molar-refractivity contribution in [2.75, 3.05) is 18.5 Å². The van der Waals surface area contributed by atoms with Crippen LogP contribution in [0.4, 0.5) is 5.69 Å². The molecule has 51 heavy (non-hydrogen) atoms. The molecule has 0 N–H and O–H groups in total. The summed E-state index contributed by atoms with van der Waals surface area (Å²) < 4.78 is 23.9. The van der Waals surface area contributed by atoms with E-state index >= 15 is 14.4 Å². The number of carbonyl (C=O) groups excluding carboxylic acids is 3. The lowest BCUT2D eigenvalue weighted by Crippen LogP contribution is -2.45. The van der Waals surface area contributed by atoms with E-state index in [4.69, 9.17) is 18.9 Å². The van der Waals surface area contributed by atoms with E-state index in [0.717, 1.165) is 10.0 Å². The topological polar surface area (TPSA) is 91.4 Å². The van der Waals surface area contributed by atoms with Gasteiger partial charge >= 0.3 is 0 Å². The van der Waals surface area contributed by atoms with Crippen LogP contribution >= 0.6 is 15.9 Å². The number of amides is 2. The van der Waals surface area contributed by atoms with E-state index in [1.807, 2.05) is 110 Å². The number of hydrogen-bond acceptors (Lipinski definition) is 7. The Morgan fingerprint density at radius 2 is 1.06 bits per heavy atom.